The molecular formula is C19H23N7O. The molecule has 0 radical (unpaired) electrons. The summed E-state index contributed by atoms with van der Waals surface area (Å²) < 4.78 is 3.80. The van der Waals surface area contributed by atoms with Gasteiger partial charge in [0.2, 0.25) is 5.91 Å². The van der Waals surface area contributed by atoms with Crippen LogP contribution in [0.3, 0.4) is 0 Å². The highest BCUT2D eigenvalue weighted by atomic mass is 16.1. The van der Waals surface area contributed by atoms with E-state index >= 15 is 0 Å². The average Bonchev–Trinajstić information content (AvgIpc) is 3.30. The average molecular weight is 365 g/mol. The summed E-state index contributed by atoms with van der Waals surface area (Å²) in [6, 6.07) is 7.73. The zero-order valence-electron chi connectivity index (χ0n) is 15.3. The minimum absolute atomic E-state index is 0.00957. The van der Waals surface area contributed by atoms with E-state index in [1.54, 1.807) is 6.20 Å². The summed E-state index contributed by atoms with van der Waals surface area (Å²) in [7, 11) is 1.92. The van der Waals surface area contributed by atoms with Gasteiger partial charge in [-0.2, -0.15) is 10.2 Å². The predicted molar refractivity (Wildman–Crippen MR) is 99.3 cm³/mol. The van der Waals surface area contributed by atoms with Gasteiger partial charge in [-0.1, -0.05) is 6.07 Å². The number of pyridine rings is 1. The first-order valence-electron chi connectivity index (χ1n) is 9.06. The molecule has 1 atom stereocenters. The minimum Gasteiger partial charge on any atom is -0.350 e. The first-order valence-corrected chi connectivity index (χ1v) is 9.06. The number of nitrogens with zero attached hydrogens (tertiary/aromatic N) is 6. The number of rotatable bonds is 6. The summed E-state index contributed by atoms with van der Waals surface area (Å²) in [4.78, 5) is 19.0. The smallest absolute Gasteiger partial charge is 0.222 e. The Bertz CT molecular complexity index is 902. The third-order valence-electron chi connectivity index (χ3n) is 4.73. The molecule has 140 valence electrons. The molecule has 4 heterocycles. The maximum absolute atomic E-state index is 12.5. The van der Waals surface area contributed by atoms with Gasteiger partial charge in [0.25, 0.3) is 0 Å². The largest absolute Gasteiger partial charge is 0.350 e. The van der Waals surface area contributed by atoms with Crippen molar-refractivity contribution in [2.24, 2.45) is 7.05 Å². The molecule has 0 aliphatic carbocycles. The Labute approximate surface area is 157 Å². The molecule has 8 nitrogen and oxygen atoms in total. The van der Waals surface area contributed by atoms with E-state index in [-0.39, 0.29) is 11.9 Å². The Hall–Kier alpha value is -3.00. The molecule has 1 unspecified atom stereocenters. The second kappa shape index (κ2) is 7.71. The fraction of sp³-hybridized carbons (Fsp3) is 0.368. The van der Waals surface area contributed by atoms with Crippen LogP contribution in [0.4, 0.5) is 0 Å². The lowest BCUT2D eigenvalue weighted by atomic mass is 10.1. The van der Waals surface area contributed by atoms with Crippen LogP contribution in [-0.4, -0.2) is 41.9 Å². The number of nitrogens with one attached hydrogen (secondary N) is 1. The summed E-state index contributed by atoms with van der Waals surface area (Å²) in [6.45, 7) is 2.85. The zero-order valence-corrected chi connectivity index (χ0v) is 15.3. The zero-order chi connectivity index (χ0) is 18.6. The van der Waals surface area contributed by atoms with Crippen molar-refractivity contribution in [3.8, 4) is 0 Å². The van der Waals surface area contributed by atoms with Crippen molar-refractivity contribution in [3.63, 3.8) is 0 Å². The van der Waals surface area contributed by atoms with Crippen LogP contribution in [0, 0.1) is 0 Å². The third kappa shape index (κ3) is 4.22. The highest BCUT2D eigenvalue weighted by Crippen LogP contribution is 2.24. The van der Waals surface area contributed by atoms with Crippen molar-refractivity contribution in [2.45, 2.75) is 32.1 Å². The fourth-order valence-corrected chi connectivity index (χ4v) is 3.53. The quantitative estimate of drug-likeness (QED) is 0.712. The third-order valence-corrected chi connectivity index (χ3v) is 4.73. The number of aromatic nitrogens is 5. The summed E-state index contributed by atoms with van der Waals surface area (Å²) in [5.74, 6) is 0.00957. The molecule has 1 aliphatic rings. The molecule has 3 aromatic heterocycles. The molecule has 1 aliphatic heterocycles. The summed E-state index contributed by atoms with van der Waals surface area (Å²) in [5.41, 5.74) is 3.16. The van der Waals surface area contributed by atoms with Crippen LogP contribution in [0.5, 0.6) is 0 Å². The van der Waals surface area contributed by atoms with Crippen molar-refractivity contribution < 1.29 is 4.79 Å². The maximum Gasteiger partial charge on any atom is 0.222 e. The lowest BCUT2D eigenvalue weighted by Gasteiger charge is -2.33. The number of hydrogen-bond donors (Lipinski definition) is 1. The van der Waals surface area contributed by atoms with Gasteiger partial charge in [0.15, 0.2) is 0 Å². The van der Waals surface area contributed by atoms with E-state index in [1.807, 2.05) is 59.3 Å². The number of amides is 1. The van der Waals surface area contributed by atoms with Crippen LogP contribution < -0.4 is 5.32 Å². The Kier molecular flexibility index (Phi) is 4.97. The number of carbonyl (C=O) groups is 1. The second-order valence-corrected chi connectivity index (χ2v) is 6.91. The molecule has 0 aromatic carbocycles. The van der Waals surface area contributed by atoms with E-state index in [1.165, 1.54) is 5.56 Å². The van der Waals surface area contributed by atoms with E-state index < -0.39 is 0 Å². The number of fused-ring (bicyclic) bond motifs is 1. The maximum atomic E-state index is 12.5. The topological polar surface area (TPSA) is 80.9 Å². The van der Waals surface area contributed by atoms with Crippen LogP contribution in [0.2, 0.25) is 0 Å². The highest BCUT2D eigenvalue weighted by Gasteiger charge is 2.27. The van der Waals surface area contributed by atoms with Crippen LogP contribution in [0.15, 0.2) is 49.1 Å². The van der Waals surface area contributed by atoms with Gasteiger partial charge in [-0.25, -0.2) is 0 Å². The van der Waals surface area contributed by atoms with E-state index in [0.29, 0.717) is 13.0 Å². The van der Waals surface area contributed by atoms with Crippen molar-refractivity contribution in [2.75, 3.05) is 6.54 Å². The first kappa shape index (κ1) is 17.4. The van der Waals surface area contributed by atoms with Gasteiger partial charge < -0.3 is 5.32 Å². The predicted octanol–water partition coefficient (Wildman–Crippen LogP) is 1.27. The van der Waals surface area contributed by atoms with E-state index in [4.69, 9.17) is 0 Å². The molecule has 4 rings (SSSR count). The molecule has 0 bridgehead atoms. The summed E-state index contributed by atoms with van der Waals surface area (Å²) in [6.07, 6.45) is 7.85. The molecule has 0 spiro atoms. The molecule has 0 saturated heterocycles. The van der Waals surface area contributed by atoms with Crippen LogP contribution >= 0.6 is 0 Å². The fourth-order valence-electron chi connectivity index (χ4n) is 3.53. The standard InChI is InChI=1S/C19H23N7O/c1-24-11-15(9-23-24)12-25-13-17-5-7-22-26(17)18(14-25)8-19(27)21-10-16-4-2-3-6-20-16/h2-7,9,11,18H,8,10,12-14H2,1H3,(H,21,27). The van der Waals surface area contributed by atoms with Gasteiger partial charge in [0.05, 0.1) is 36.6 Å². The Morgan fingerprint density at radius 3 is 2.96 bits per heavy atom. The van der Waals surface area contributed by atoms with Crippen LogP contribution in [-0.2, 0) is 31.5 Å². The summed E-state index contributed by atoms with van der Waals surface area (Å²) >= 11 is 0. The number of carbonyl (C=O) groups excluding carboxylic acids is 1. The van der Waals surface area contributed by atoms with Gasteiger partial charge in [-0.3, -0.25) is 24.0 Å². The Balaban J connectivity index is 1.39. The van der Waals surface area contributed by atoms with Crippen LogP contribution in [0.25, 0.3) is 0 Å². The van der Waals surface area contributed by atoms with Crippen molar-refractivity contribution >= 4 is 5.91 Å². The van der Waals surface area contributed by atoms with Gasteiger partial charge in [0.1, 0.15) is 0 Å². The van der Waals surface area contributed by atoms with E-state index in [0.717, 1.165) is 31.0 Å². The van der Waals surface area contributed by atoms with E-state index in [2.05, 4.69) is 25.4 Å². The SMILES string of the molecule is Cn1cc(CN2Cc3ccnn3C(CC(=O)NCc3ccccn3)C2)cn1. The highest BCUT2D eigenvalue weighted by molar-refractivity contribution is 5.76. The summed E-state index contributed by atoms with van der Waals surface area (Å²) in [5, 5.41) is 11.6. The molecule has 0 saturated carbocycles. The van der Waals surface area contributed by atoms with Gasteiger partial charge in [0, 0.05) is 50.8 Å². The van der Waals surface area contributed by atoms with Crippen molar-refractivity contribution in [3.05, 3.63) is 66.0 Å². The first-order chi connectivity index (χ1) is 13.2. The number of hydrogen-bond acceptors (Lipinski definition) is 5. The molecule has 1 amide bonds. The molecule has 27 heavy (non-hydrogen) atoms. The monoisotopic (exact) mass is 365 g/mol. The minimum atomic E-state index is 0.00957. The van der Waals surface area contributed by atoms with Crippen molar-refractivity contribution in [1.29, 1.82) is 0 Å². The molecule has 0 fully saturated rings. The second-order valence-electron chi connectivity index (χ2n) is 6.91. The normalized spacial score (nSPS) is 16.9. The Morgan fingerprint density at radius 2 is 2.19 bits per heavy atom. The molecule has 3 aromatic rings. The van der Waals surface area contributed by atoms with Crippen LogP contribution in [0.1, 0.15) is 29.4 Å². The van der Waals surface area contributed by atoms with Crippen molar-refractivity contribution in [1.82, 2.24) is 34.8 Å². The van der Waals surface area contributed by atoms with Gasteiger partial charge >= 0.3 is 0 Å². The number of aryl methyl sites for hydroxylation is 1. The lowest BCUT2D eigenvalue weighted by molar-refractivity contribution is -0.122. The molecule has 1 N–H and O–H groups in total. The van der Waals surface area contributed by atoms with Gasteiger partial charge in [-0.15, -0.1) is 0 Å². The lowest BCUT2D eigenvalue weighted by Crippen LogP contribution is -2.39. The Morgan fingerprint density at radius 1 is 1.26 bits per heavy atom. The van der Waals surface area contributed by atoms with Gasteiger partial charge in [-0.05, 0) is 18.2 Å². The van der Waals surface area contributed by atoms with E-state index in [9.17, 15) is 4.79 Å². The molecule has 8 heteroatoms. The molecular weight excluding hydrogens is 342 g/mol.